The Labute approximate surface area is 154 Å². The van der Waals surface area contributed by atoms with E-state index in [9.17, 15) is 14.9 Å². The largest absolute Gasteiger partial charge is 0.496 e. The van der Waals surface area contributed by atoms with E-state index in [0.717, 1.165) is 0 Å². The van der Waals surface area contributed by atoms with Crippen LogP contribution in [-0.4, -0.2) is 31.0 Å². The molecule has 0 saturated heterocycles. The van der Waals surface area contributed by atoms with Gasteiger partial charge in [-0.15, -0.1) is 0 Å². The van der Waals surface area contributed by atoms with Gasteiger partial charge in [-0.05, 0) is 30.3 Å². The maximum absolute atomic E-state index is 12.2. The first kappa shape index (κ1) is 18.8. The number of hydrogen-bond acceptors (Lipinski definition) is 5. The first-order valence-electron chi connectivity index (χ1n) is 7.22. The summed E-state index contributed by atoms with van der Waals surface area (Å²) < 4.78 is 5.13. The summed E-state index contributed by atoms with van der Waals surface area (Å²) in [6.07, 6.45) is 0. The molecule has 25 heavy (non-hydrogen) atoms. The molecule has 0 spiro atoms. The van der Waals surface area contributed by atoms with Crippen molar-refractivity contribution in [3.05, 3.63) is 62.1 Å². The highest BCUT2D eigenvalue weighted by molar-refractivity contribution is 6.31. The number of benzene rings is 2. The van der Waals surface area contributed by atoms with E-state index in [0.29, 0.717) is 22.0 Å². The van der Waals surface area contributed by atoms with Gasteiger partial charge in [0, 0.05) is 29.2 Å². The van der Waals surface area contributed by atoms with Crippen LogP contribution in [0.5, 0.6) is 5.75 Å². The van der Waals surface area contributed by atoms with Crippen LogP contribution in [-0.2, 0) is 0 Å². The minimum atomic E-state index is -0.524. The second-order valence-corrected chi connectivity index (χ2v) is 5.82. The van der Waals surface area contributed by atoms with E-state index in [1.807, 2.05) is 0 Å². The SMILES string of the molecule is COc1ccc(Cl)cc1C(=O)NCCNc1ccc(Cl)cc1[N+](=O)[O-]. The lowest BCUT2D eigenvalue weighted by Crippen LogP contribution is -2.29. The Hall–Kier alpha value is -2.51. The Balaban J connectivity index is 1.95. The number of nitro benzene ring substituents is 1. The molecule has 2 aromatic carbocycles. The Kier molecular flexibility index (Phi) is 6.44. The molecular weight excluding hydrogens is 369 g/mol. The van der Waals surface area contributed by atoms with Crippen LogP contribution in [0.25, 0.3) is 0 Å². The van der Waals surface area contributed by atoms with Gasteiger partial charge in [-0.2, -0.15) is 0 Å². The van der Waals surface area contributed by atoms with Crippen molar-refractivity contribution < 1.29 is 14.5 Å². The molecule has 0 atom stereocenters. The van der Waals surface area contributed by atoms with E-state index in [1.54, 1.807) is 18.2 Å². The summed E-state index contributed by atoms with van der Waals surface area (Å²) in [6.45, 7) is 0.533. The van der Waals surface area contributed by atoms with E-state index in [2.05, 4.69) is 10.6 Å². The lowest BCUT2D eigenvalue weighted by atomic mass is 10.2. The maximum Gasteiger partial charge on any atom is 0.293 e. The summed E-state index contributed by atoms with van der Waals surface area (Å²) >= 11 is 11.7. The lowest BCUT2D eigenvalue weighted by Gasteiger charge is -2.11. The quantitative estimate of drug-likeness (QED) is 0.431. The number of nitro groups is 1. The van der Waals surface area contributed by atoms with E-state index in [4.69, 9.17) is 27.9 Å². The van der Waals surface area contributed by atoms with E-state index < -0.39 is 4.92 Å². The Morgan fingerprint density at radius 1 is 1.16 bits per heavy atom. The van der Waals surface area contributed by atoms with Crippen molar-refractivity contribution in [2.24, 2.45) is 0 Å². The second kappa shape index (κ2) is 8.55. The lowest BCUT2D eigenvalue weighted by molar-refractivity contribution is -0.383. The van der Waals surface area contributed by atoms with E-state index in [1.165, 1.54) is 25.3 Å². The first-order chi connectivity index (χ1) is 11.9. The molecule has 2 aromatic rings. The number of rotatable bonds is 7. The minimum Gasteiger partial charge on any atom is -0.496 e. The molecule has 0 bridgehead atoms. The van der Waals surface area contributed by atoms with Gasteiger partial charge in [0.05, 0.1) is 17.6 Å². The number of nitrogens with zero attached hydrogens (tertiary/aromatic N) is 1. The summed E-state index contributed by atoms with van der Waals surface area (Å²) in [7, 11) is 1.46. The molecule has 1 amide bonds. The zero-order valence-corrected chi connectivity index (χ0v) is 14.7. The average Bonchev–Trinajstić information content (AvgIpc) is 2.59. The van der Waals surface area contributed by atoms with Gasteiger partial charge in [-0.3, -0.25) is 14.9 Å². The summed E-state index contributed by atoms with van der Waals surface area (Å²) in [6, 6.07) is 9.06. The van der Waals surface area contributed by atoms with Gasteiger partial charge in [0.25, 0.3) is 11.6 Å². The highest BCUT2D eigenvalue weighted by Gasteiger charge is 2.15. The van der Waals surface area contributed by atoms with Crippen LogP contribution < -0.4 is 15.4 Å². The molecule has 0 saturated carbocycles. The molecule has 132 valence electrons. The monoisotopic (exact) mass is 383 g/mol. The van der Waals surface area contributed by atoms with Crippen LogP contribution >= 0.6 is 23.2 Å². The van der Waals surface area contributed by atoms with Crippen molar-refractivity contribution in [3.63, 3.8) is 0 Å². The number of ether oxygens (including phenoxy) is 1. The second-order valence-electron chi connectivity index (χ2n) is 4.95. The summed E-state index contributed by atoms with van der Waals surface area (Å²) in [5, 5.41) is 17.3. The first-order valence-corrected chi connectivity index (χ1v) is 7.97. The van der Waals surface area contributed by atoms with Crippen LogP contribution in [0, 0.1) is 10.1 Å². The number of methoxy groups -OCH3 is 1. The van der Waals surface area contributed by atoms with Gasteiger partial charge in [-0.25, -0.2) is 0 Å². The predicted molar refractivity (Wildman–Crippen MR) is 96.9 cm³/mol. The van der Waals surface area contributed by atoms with Crippen LogP contribution in [0.4, 0.5) is 11.4 Å². The summed E-state index contributed by atoms with van der Waals surface area (Å²) in [5.41, 5.74) is 0.506. The average molecular weight is 384 g/mol. The smallest absolute Gasteiger partial charge is 0.293 e. The van der Waals surface area contributed by atoms with Crippen molar-refractivity contribution in [3.8, 4) is 5.75 Å². The predicted octanol–water partition coefficient (Wildman–Crippen LogP) is 3.75. The van der Waals surface area contributed by atoms with Crippen molar-refractivity contribution in [2.45, 2.75) is 0 Å². The Morgan fingerprint density at radius 2 is 1.84 bits per heavy atom. The molecular formula is C16H15Cl2N3O4. The van der Waals surface area contributed by atoms with Crippen LogP contribution in [0.1, 0.15) is 10.4 Å². The third kappa shape index (κ3) is 4.98. The normalized spacial score (nSPS) is 10.2. The van der Waals surface area contributed by atoms with Gasteiger partial charge in [-0.1, -0.05) is 23.2 Å². The van der Waals surface area contributed by atoms with E-state index in [-0.39, 0.29) is 29.7 Å². The van der Waals surface area contributed by atoms with Gasteiger partial charge in [0.15, 0.2) is 0 Å². The van der Waals surface area contributed by atoms with Gasteiger partial charge >= 0.3 is 0 Å². The third-order valence-electron chi connectivity index (χ3n) is 3.29. The van der Waals surface area contributed by atoms with Crippen molar-refractivity contribution >= 4 is 40.5 Å². The zero-order valence-electron chi connectivity index (χ0n) is 13.2. The standard InChI is InChI=1S/C16H15Cl2N3O4/c1-25-15-5-3-10(17)8-12(15)16(22)20-7-6-19-13-4-2-11(18)9-14(13)21(23)24/h2-5,8-9,19H,6-7H2,1H3,(H,20,22). The fourth-order valence-electron chi connectivity index (χ4n) is 2.13. The molecule has 2 rings (SSSR count). The molecule has 2 N–H and O–H groups in total. The molecule has 0 radical (unpaired) electrons. The molecule has 0 heterocycles. The Bertz CT molecular complexity index is 799. The molecule has 0 aromatic heterocycles. The minimum absolute atomic E-state index is 0.129. The van der Waals surface area contributed by atoms with Crippen molar-refractivity contribution in [1.29, 1.82) is 0 Å². The molecule has 0 aliphatic heterocycles. The van der Waals surface area contributed by atoms with Gasteiger partial charge in [0.1, 0.15) is 11.4 Å². The number of hydrogen-bond donors (Lipinski definition) is 2. The molecule has 0 aliphatic carbocycles. The van der Waals surface area contributed by atoms with Crippen LogP contribution in [0.2, 0.25) is 10.0 Å². The maximum atomic E-state index is 12.2. The fourth-order valence-corrected chi connectivity index (χ4v) is 2.47. The number of halogens is 2. The zero-order chi connectivity index (χ0) is 18.4. The highest BCUT2D eigenvalue weighted by atomic mass is 35.5. The summed E-state index contributed by atoms with van der Waals surface area (Å²) in [4.78, 5) is 22.7. The molecule has 9 heteroatoms. The number of amides is 1. The van der Waals surface area contributed by atoms with Crippen LogP contribution in [0.15, 0.2) is 36.4 Å². The third-order valence-corrected chi connectivity index (χ3v) is 3.76. The number of nitrogens with one attached hydrogen (secondary N) is 2. The molecule has 7 nitrogen and oxygen atoms in total. The Morgan fingerprint density at radius 3 is 2.52 bits per heavy atom. The highest BCUT2D eigenvalue weighted by Crippen LogP contribution is 2.27. The topological polar surface area (TPSA) is 93.5 Å². The van der Waals surface area contributed by atoms with Gasteiger partial charge in [0.2, 0.25) is 0 Å². The fraction of sp³-hybridized carbons (Fsp3) is 0.188. The number of anilines is 1. The molecule has 0 fully saturated rings. The van der Waals surface area contributed by atoms with Crippen molar-refractivity contribution in [1.82, 2.24) is 5.32 Å². The number of carbonyl (C=O) groups is 1. The van der Waals surface area contributed by atoms with Crippen LogP contribution in [0.3, 0.4) is 0 Å². The van der Waals surface area contributed by atoms with Gasteiger partial charge < -0.3 is 15.4 Å². The van der Waals surface area contributed by atoms with Crippen molar-refractivity contribution in [2.75, 3.05) is 25.5 Å². The van der Waals surface area contributed by atoms with E-state index >= 15 is 0 Å². The molecule has 0 unspecified atom stereocenters. The number of carbonyl (C=O) groups excluding carboxylic acids is 1. The molecule has 0 aliphatic rings. The summed E-state index contributed by atoms with van der Waals surface area (Å²) in [5.74, 6) is 0.0509.